The van der Waals surface area contributed by atoms with E-state index in [9.17, 15) is 9.59 Å². The molecule has 19 heavy (non-hydrogen) atoms. The van der Waals surface area contributed by atoms with Gasteiger partial charge in [-0.05, 0) is 37.3 Å². The molecule has 0 aromatic carbocycles. The summed E-state index contributed by atoms with van der Waals surface area (Å²) in [5.74, 6) is -1.86. The molecule has 2 N–H and O–H groups in total. The first-order valence-corrected chi connectivity index (χ1v) is 6.42. The molecule has 0 radical (unpaired) electrons. The third kappa shape index (κ3) is 3.10. The monoisotopic (exact) mass is 262 g/mol. The van der Waals surface area contributed by atoms with Gasteiger partial charge in [0.1, 0.15) is 0 Å². The molecule has 1 fully saturated rings. The maximum Gasteiger partial charge on any atom is 0.307 e. The van der Waals surface area contributed by atoms with Crippen molar-refractivity contribution in [3.05, 3.63) is 24.0 Å². The van der Waals surface area contributed by atoms with Crippen molar-refractivity contribution in [3.63, 3.8) is 0 Å². The molecule has 5 nitrogen and oxygen atoms in total. The van der Waals surface area contributed by atoms with Crippen molar-refractivity contribution in [2.24, 2.45) is 17.8 Å². The third-order valence-corrected chi connectivity index (χ3v) is 3.59. The van der Waals surface area contributed by atoms with E-state index in [2.05, 4.69) is 10.3 Å². The number of nitrogens with one attached hydrogen (secondary N) is 1. The van der Waals surface area contributed by atoms with E-state index in [0.717, 1.165) is 5.56 Å². The van der Waals surface area contributed by atoms with Crippen LogP contribution in [0.15, 0.2) is 18.5 Å². The molecule has 1 unspecified atom stereocenters. The molecular formula is C14H18N2O3. The van der Waals surface area contributed by atoms with E-state index in [1.165, 1.54) is 0 Å². The van der Waals surface area contributed by atoms with Crippen LogP contribution in [0, 0.1) is 24.7 Å². The molecule has 1 aliphatic carbocycles. The Morgan fingerprint density at radius 3 is 2.63 bits per heavy atom. The van der Waals surface area contributed by atoms with Gasteiger partial charge in [0.2, 0.25) is 5.91 Å². The summed E-state index contributed by atoms with van der Waals surface area (Å²) >= 11 is 0. The van der Waals surface area contributed by atoms with Crippen molar-refractivity contribution in [1.82, 2.24) is 4.98 Å². The molecule has 1 heterocycles. The Labute approximate surface area is 112 Å². The van der Waals surface area contributed by atoms with Crippen LogP contribution in [0.1, 0.15) is 25.3 Å². The largest absolute Gasteiger partial charge is 0.481 e. The smallest absolute Gasteiger partial charge is 0.307 e. The van der Waals surface area contributed by atoms with Gasteiger partial charge in [-0.1, -0.05) is 6.92 Å². The lowest BCUT2D eigenvalue weighted by Crippen LogP contribution is -2.30. The number of carbonyl (C=O) groups excluding carboxylic acids is 1. The predicted molar refractivity (Wildman–Crippen MR) is 70.6 cm³/mol. The topological polar surface area (TPSA) is 79.3 Å². The highest BCUT2D eigenvalue weighted by Gasteiger charge is 2.41. The zero-order valence-corrected chi connectivity index (χ0v) is 11.1. The van der Waals surface area contributed by atoms with E-state index in [-0.39, 0.29) is 11.8 Å². The van der Waals surface area contributed by atoms with Crippen LogP contribution in [0.4, 0.5) is 5.69 Å². The van der Waals surface area contributed by atoms with E-state index < -0.39 is 17.8 Å². The normalized spacial score (nSPS) is 26.1. The summed E-state index contributed by atoms with van der Waals surface area (Å²) < 4.78 is 0. The minimum atomic E-state index is -0.883. The van der Waals surface area contributed by atoms with E-state index in [0.29, 0.717) is 18.5 Å². The molecule has 1 aromatic rings. The number of carboxylic acids is 1. The standard InChI is InChI=1S/C14H18N2O3/c1-8-4-11(12(5-8)14(18)19)13(17)16-10-3-9(2)6-15-7-10/h3,6-8,11-12H,4-5H2,1-2H3,(H,16,17)(H,18,19)/t8?,11-,12+/m0/s1. The lowest BCUT2D eigenvalue weighted by Gasteiger charge is -2.15. The summed E-state index contributed by atoms with van der Waals surface area (Å²) in [6.45, 7) is 3.87. The van der Waals surface area contributed by atoms with Gasteiger partial charge in [-0.2, -0.15) is 0 Å². The maximum absolute atomic E-state index is 12.2. The summed E-state index contributed by atoms with van der Waals surface area (Å²) in [4.78, 5) is 27.4. The number of aryl methyl sites for hydroxylation is 1. The van der Waals surface area contributed by atoms with Gasteiger partial charge in [-0.3, -0.25) is 14.6 Å². The SMILES string of the molecule is Cc1cncc(NC(=O)[C@H]2CC(C)C[C@H]2C(=O)O)c1. The van der Waals surface area contributed by atoms with Crippen molar-refractivity contribution in [2.45, 2.75) is 26.7 Å². The second-order valence-corrected chi connectivity index (χ2v) is 5.37. The molecule has 0 saturated heterocycles. The number of amides is 1. The number of anilines is 1. The first-order chi connectivity index (χ1) is 8.97. The fraction of sp³-hybridized carbons (Fsp3) is 0.500. The Kier molecular flexibility index (Phi) is 3.83. The Hall–Kier alpha value is -1.91. The summed E-state index contributed by atoms with van der Waals surface area (Å²) in [5.41, 5.74) is 1.57. The Morgan fingerprint density at radius 2 is 2.00 bits per heavy atom. The number of aliphatic carboxylic acids is 1. The number of rotatable bonds is 3. The summed E-state index contributed by atoms with van der Waals surface area (Å²) in [6.07, 6.45) is 4.47. The van der Waals surface area contributed by atoms with Crippen LogP contribution in [-0.2, 0) is 9.59 Å². The van der Waals surface area contributed by atoms with Gasteiger partial charge in [0, 0.05) is 6.20 Å². The van der Waals surface area contributed by atoms with Crippen LogP contribution < -0.4 is 5.32 Å². The lowest BCUT2D eigenvalue weighted by atomic mass is 9.95. The van der Waals surface area contributed by atoms with Crippen LogP contribution in [-0.4, -0.2) is 22.0 Å². The van der Waals surface area contributed by atoms with Gasteiger partial charge < -0.3 is 10.4 Å². The van der Waals surface area contributed by atoms with Crippen molar-refractivity contribution in [1.29, 1.82) is 0 Å². The molecule has 1 amide bonds. The second-order valence-electron chi connectivity index (χ2n) is 5.37. The molecule has 0 aliphatic heterocycles. The Balaban J connectivity index is 2.09. The number of nitrogens with zero attached hydrogens (tertiary/aromatic N) is 1. The average molecular weight is 262 g/mol. The van der Waals surface area contributed by atoms with Crippen molar-refractivity contribution < 1.29 is 14.7 Å². The molecule has 2 rings (SSSR count). The highest BCUT2D eigenvalue weighted by molar-refractivity contribution is 5.95. The zero-order chi connectivity index (χ0) is 14.0. The van der Waals surface area contributed by atoms with Gasteiger partial charge in [0.05, 0.1) is 23.7 Å². The average Bonchev–Trinajstić information content (AvgIpc) is 2.71. The first-order valence-electron chi connectivity index (χ1n) is 6.42. The minimum Gasteiger partial charge on any atom is -0.481 e. The van der Waals surface area contributed by atoms with Gasteiger partial charge >= 0.3 is 5.97 Å². The van der Waals surface area contributed by atoms with Crippen LogP contribution in [0.25, 0.3) is 0 Å². The zero-order valence-electron chi connectivity index (χ0n) is 11.1. The van der Waals surface area contributed by atoms with Gasteiger partial charge in [-0.15, -0.1) is 0 Å². The quantitative estimate of drug-likeness (QED) is 0.874. The van der Waals surface area contributed by atoms with E-state index >= 15 is 0 Å². The number of hydrogen-bond donors (Lipinski definition) is 2. The molecule has 102 valence electrons. The van der Waals surface area contributed by atoms with Crippen molar-refractivity contribution in [2.75, 3.05) is 5.32 Å². The Morgan fingerprint density at radius 1 is 1.32 bits per heavy atom. The molecule has 1 aromatic heterocycles. The molecular weight excluding hydrogens is 244 g/mol. The molecule has 5 heteroatoms. The first kappa shape index (κ1) is 13.5. The molecule has 1 aliphatic rings. The van der Waals surface area contributed by atoms with E-state index in [1.807, 2.05) is 19.9 Å². The minimum absolute atomic E-state index is 0.218. The molecule has 3 atom stereocenters. The molecule has 1 saturated carbocycles. The summed E-state index contributed by atoms with van der Waals surface area (Å²) in [7, 11) is 0. The van der Waals surface area contributed by atoms with Crippen molar-refractivity contribution in [3.8, 4) is 0 Å². The lowest BCUT2D eigenvalue weighted by molar-refractivity contribution is -0.145. The van der Waals surface area contributed by atoms with Gasteiger partial charge in [0.15, 0.2) is 0 Å². The van der Waals surface area contributed by atoms with Crippen LogP contribution in [0.5, 0.6) is 0 Å². The van der Waals surface area contributed by atoms with Crippen LogP contribution in [0.3, 0.4) is 0 Å². The van der Waals surface area contributed by atoms with Crippen LogP contribution in [0.2, 0.25) is 0 Å². The highest BCUT2D eigenvalue weighted by atomic mass is 16.4. The van der Waals surface area contributed by atoms with Gasteiger partial charge in [0.25, 0.3) is 0 Å². The number of carbonyl (C=O) groups is 2. The molecule has 0 bridgehead atoms. The second kappa shape index (κ2) is 5.38. The fourth-order valence-corrected chi connectivity index (χ4v) is 2.71. The number of hydrogen-bond acceptors (Lipinski definition) is 3. The molecule has 0 spiro atoms. The predicted octanol–water partition coefficient (Wildman–Crippen LogP) is 2.08. The van der Waals surface area contributed by atoms with E-state index in [4.69, 9.17) is 5.11 Å². The number of pyridine rings is 1. The highest BCUT2D eigenvalue weighted by Crippen LogP contribution is 2.37. The van der Waals surface area contributed by atoms with E-state index in [1.54, 1.807) is 12.4 Å². The summed E-state index contributed by atoms with van der Waals surface area (Å²) in [5, 5.41) is 11.9. The number of carboxylic acid groups (broad SMARTS) is 1. The Bertz CT molecular complexity index is 501. The number of aromatic nitrogens is 1. The van der Waals surface area contributed by atoms with Crippen LogP contribution >= 0.6 is 0 Å². The fourth-order valence-electron chi connectivity index (χ4n) is 2.71. The summed E-state index contributed by atoms with van der Waals surface area (Å²) in [6, 6.07) is 1.82. The third-order valence-electron chi connectivity index (χ3n) is 3.59. The maximum atomic E-state index is 12.2. The van der Waals surface area contributed by atoms with Crippen molar-refractivity contribution >= 4 is 17.6 Å². The van der Waals surface area contributed by atoms with Gasteiger partial charge in [-0.25, -0.2) is 0 Å².